The first-order valence-corrected chi connectivity index (χ1v) is 6.16. The maximum Gasteiger partial charge on any atom is 0.308 e. The summed E-state index contributed by atoms with van der Waals surface area (Å²) < 4.78 is 5.33. The molecule has 0 saturated carbocycles. The molecule has 1 N–H and O–H groups in total. The van der Waals surface area contributed by atoms with Crippen LogP contribution in [0, 0.1) is 5.92 Å². The summed E-state index contributed by atoms with van der Waals surface area (Å²) in [7, 11) is 1.59. The third-order valence-electron chi connectivity index (χ3n) is 2.71. The minimum atomic E-state index is -0.914. The van der Waals surface area contributed by atoms with E-state index < -0.39 is 11.9 Å². The molecule has 19 heavy (non-hydrogen) atoms. The summed E-state index contributed by atoms with van der Waals surface area (Å²) in [4.78, 5) is 24.3. The Kier molecular flexibility index (Phi) is 5.36. The summed E-state index contributed by atoms with van der Waals surface area (Å²) in [6.45, 7) is 4.15. The van der Waals surface area contributed by atoms with Crippen molar-refractivity contribution >= 4 is 11.9 Å². The molecule has 1 atom stereocenters. The zero-order valence-corrected chi connectivity index (χ0v) is 11.4. The SMILES string of the molecule is CCOc1cccc(C(=O)N(C)CC(C)C(=O)O)c1. The Hall–Kier alpha value is -2.04. The molecule has 0 fully saturated rings. The molecule has 0 heterocycles. The number of amides is 1. The fraction of sp³-hybridized carbons (Fsp3) is 0.429. The highest BCUT2D eigenvalue weighted by Gasteiger charge is 2.18. The van der Waals surface area contributed by atoms with Gasteiger partial charge >= 0.3 is 5.97 Å². The maximum absolute atomic E-state index is 12.1. The number of aliphatic carboxylic acids is 1. The van der Waals surface area contributed by atoms with Crippen LogP contribution in [0.1, 0.15) is 24.2 Å². The molecule has 5 nitrogen and oxygen atoms in total. The van der Waals surface area contributed by atoms with Crippen LogP contribution in [0.3, 0.4) is 0 Å². The van der Waals surface area contributed by atoms with E-state index in [9.17, 15) is 9.59 Å². The maximum atomic E-state index is 12.1. The third kappa shape index (κ3) is 4.28. The van der Waals surface area contributed by atoms with E-state index in [4.69, 9.17) is 9.84 Å². The molecule has 1 aromatic carbocycles. The van der Waals surface area contributed by atoms with Crippen molar-refractivity contribution in [2.75, 3.05) is 20.2 Å². The van der Waals surface area contributed by atoms with Gasteiger partial charge in [0.15, 0.2) is 0 Å². The Morgan fingerprint density at radius 3 is 2.68 bits per heavy atom. The third-order valence-corrected chi connectivity index (χ3v) is 2.71. The highest BCUT2D eigenvalue weighted by Crippen LogP contribution is 2.15. The molecule has 5 heteroatoms. The number of ether oxygens (including phenoxy) is 1. The van der Waals surface area contributed by atoms with Crippen LogP contribution in [0.5, 0.6) is 5.75 Å². The van der Waals surface area contributed by atoms with Crippen LogP contribution in [-0.4, -0.2) is 42.1 Å². The van der Waals surface area contributed by atoms with E-state index in [1.54, 1.807) is 38.2 Å². The number of nitrogens with zero attached hydrogens (tertiary/aromatic N) is 1. The molecule has 0 aromatic heterocycles. The number of carbonyl (C=O) groups is 2. The first kappa shape index (κ1) is 15.0. The van der Waals surface area contributed by atoms with Crippen LogP contribution < -0.4 is 4.74 Å². The van der Waals surface area contributed by atoms with Gasteiger partial charge in [-0.3, -0.25) is 9.59 Å². The molecule has 0 spiro atoms. The lowest BCUT2D eigenvalue weighted by molar-refractivity contribution is -0.141. The van der Waals surface area contributed by atoms with Crippen molar-refractivity contribution in [1.82, 2.24) is 4.90 Å². The first-order valence-electron chi connectivity index (χ1n) is 6.16. The second-order valence-corrected chi connectivity index (χ2v) is 4.39. The van der Waals surface area contributed by atoms with Crippen LogP contribution in [0.2, 0.25) is 0 Å². The molecule has 0 aliphatic carbocycles. The summed E-state index contributed by atoms with van der Waals surface area (Å²) in [6.07, 6.45) is 0. The van der Waals surface area contributed by atoms with Crippen molar-refractivity contribution in [1.29, 1.82) is 0 Å². The van der Waals surface area contributed by atoms with Crippen LogP contribution >= 0.6 is 0 Å². The Bertz CT molecular complexity index is 459. The Morgan fingerprint density at radius 2 is 2.11 bits per heavy atom. The van der Waals surface area contributed by atoms with Gasteiger partial charge in [-0.05, 0) is 25.1 Å². The van der Waals surface area contributed by atoms with Crippen LogP contribution in [0.25, 0.3) is 0 Å². The number of carbonyl (C=O) groups excluding carboxylic acids is 1. The van der Waals surface area contributed by atoms with Crippen molar-refractivity contribution in [3.05, 3.63) is 29.8 Å². The largest absolute Gasteiger partial charge is 0.494 e. The fourth-order valence-corrected chi connectivity index (χ4v) is 1.68. The fourth-order valence-electron chi connectivity index (χ4n) is 1.68. The first-order chi connectivity index (χ1) is 8.95. The summed E-state index contributed by atoms with van der Waals surface area (Å²) >= 11 is 0. The molecule has 0 aliphatic rings. The van der Waals surface area contributed by atoms with Gasteiger partial charge in [0.05, 0.1) is 12.5 Å². The monoisotopic (exact) mass is 265 g/mol. The summed E-state index contributed by atoms with van der Waals surface area (Å²) in [5.74, 6) is -1.09. The van der Waals surface area contributed by atoms with E-state index in [1.807, 2.05) is 6.92 Å². The second-order valence-electron chi connectivity index (χ2n) is 4.39. The number of rotatable bonds is 6. The number of carboxylic acid groups (broad SMARTS) is 1. The van der Waals surface area contributed by atoms with Crippen molar-refractivity contribution in [3.8, 4) is 5.75 Å². The van der Waals surface area contributed by atoms with E-state index >= 15 is 0 Å². The summed E-state index contributed by atoms with van der Waals surface area (Å²) in [5, 5.41) is 8.84. The molecular formula is C14H19NO4. The Morgan fingerprint density at radius 1 is 1.42 bits per heavy atom. The van der Waals surface area contributed by atoms with Crippen molar-refractivity contribution in [2.24, 2.45) is 5.92 Å². The Balaban J connectivity index is 2.76. The quantitative estimate of drug-likeness (QED) is 0.852. The molecule has 0 saturated heterocycles. The molecule has 1 aromatic rings. The highest BCUT2D eigenvalue weighted by atomic mass is 16.5. The van der Waals surface area contributed by atoms with Crippen molar-refractivity contribution in [3.63, 3.8) is 0 Å². The van der Waals surface area contributed by atoms with E-state index in [0.29, 0.717) is 17.9 Å². The zero-order chi connectivity index (χ0) is 14.4. The van der Waals surface area contributed by atoms with Crippen molar-refractivity contribution in [2.45, 2.75) is 13.8 Å². The second kappa shape index (κ2) is 6.78. The van der Waals surface area contributed by atoms with Gasteiger partial charge in [-0.2, -0.15) is 0 Å². The average molecular weight is 265 g/mol. The summed E-state index contributed by atoms with van der Waals surface area (Å²) in [5.41, 5.74) is 0.492. The lowest BCUT2D eigenvalue weighted by atomic mass is 10.1. The molecule has 1 amide bonds. The molecule has 0 aliphatic heterocycles. The molecule has 0 radical (unpaired) electrons. The minimum Gasteiger partial charge on any atom is -0.494 e. The van der Waals surface area contributed by atoms with Gasteiger partial charge in [0.2, 0.25) is 0 Å². The van der Waals surface area contributed by atoms with E-state index in [2.05, 4.69) is 0 Å². The number of benzene rings is 1. The van der Waals surface area contributed by atoms with Gasteiger partial charge < -0.3 is 14.7 Å². The van der Waals surface area contributed by atoms with Gasteiger partial charge in [0.1, 0.15) is 5.75 Å². The molecule has 1 unspecified atom stereocenters. The minimum absolute atomic E-state index is 0.174. The smallest absolute Gasteiger partial charge is 0.308 e. The number of carboxylic acids is 1. The van der Waals surface area contributed by atoms with E-state index in [0.717, 1.165) is 0 Å². The van der Waals surface area contributed by atoms with Gasteiger partial charge in [-0.25, -0.2) is 0 Å². The van der Waals surface area contributed by atoms with E-state index in [-0.39, 0.29) is 12.5 Å². The average Bonchev–Trinajstić information content (AvgIpc) is 2.38. The topological polar surface area (TPSA) is 66.8 Å². The molecular weight excluding hydrogens is 246 g/mol. The van der Waals surface area contributed by atoms with Gasteiger partial charge in [-0.1, -0.05) is 13.0 Å². The normalized spacial score (nSPS) is 11.7. The van der Waals surface area contributed by atoms with E-state index in [1.165, 1.54) is 4.90 Å². The zero-order valence-electron chi connectivity index (χ0n) is 11.4. The molecule has 0 bridgehead atoms. The molecule has 104 valence electrons. The predicted octanol–water partition coefficient (Wildman–Crippen LogP) is 1.88. The van der Waals surface area contributed by atoms with Crippen LogP contribution in [0.15, 0.2) is 24.3 Å². The Labute approximate surface area is 112 Å². The lowest BCUT2D eigenvalue weighted by Gasteiger charge is -2.19. The lowest BCUT2D eigenvalue weighted by Crippen LogP contribution is -2.33. The summed E-state index contributed by atoms with van der Waals surface area (Å²) in [6, 6.07) is 6.87. The predicted molar refractivity (Wildman–Crippen MR) is 71.4 cm³/mol. The number of hydrogen-bond acceptors (Lipinski definition) is 3. The van der Waals surface area contributed by atoms with Gasteiger partial charge in [0.25, 0.3) is 5.91 Å². The highest BCUT2D eigenvalue weighted by molar-refractivity contribution is 5.94. The number of hydrogen-bond donors (Lipinski definition) is 1. The van der Waals surface area contributed by atoms with Crippen LogP contribution in [-0.2, 0) is 4.79 Å². The molecule has 1 rings (SSSR count). The standard InChI is InChI=1S/C14H19NO4/c1-4-19-12-7-5-6-11(8-12)13(16)15(3)9-10(2)14(17)18/h5-8,10H,4,9H2,1-3H3,(H,17,18). The van der Waals surface area contributed by atoms with Gasteiger partial charge in [0, 0.05) is 19.2 Å². The van der Waals surface area contributed by atoms with Crippen molar-refractivity contribution < 1.29 is 19.4 Å². The van der Waals surface area contributed by atoms with Gasteiger partial charge in [-0.15, -0.1) is 0 Å². The van der Waals surface area contributed by atoms with Crippen LogP contribution in [0.4, 0.5) is 0 Å².